The average molecular weight is 378 g/mol. The van der Waals surface area contributed by atoms with E-state index in [0.29, 0.717) is 37.6 Å². The van der Waals surface area contributed by atoms with Gasteiger partial charge in [0.2, 0.25) is 0 Å². The van der Waals surface area contributed by atoms with Crippen LogP contribution in [-0.4, -0.2) is 34.7 Å². The number of hydrogen-bond acceptors (Lipinski definition) is 4. The lowest BCUT2D eigenvalue weighted by Crippen LogP contribution is -2.36. The zero-order chi connectivity index (χ0) is 19.6. The molecule has 28 heavy (non-hydrogen) atoms. The molecule has 0 radical (unpaired) electrons. The Hall–Kier alpha value is -3.61. The molecule has 0 saturated heterocycles. The van der Waals surface area contributed by atoms with Crippen molar-refractivity contribution in [3.63, 3.8) is 0 Å². The fourth-order valence-corrected chi connectivity index (χ4v) is 2.59. The van der Waals surface area contributed by atoms with Crippen molar-refractivity contribution >= 4 is 17.5 Å². The van der Waals surface area contributed by atoms with Crippen molar-refractivity contribution in [2.45, 2.75) is 13.0 Å². The molecule has 144 valence electrons. The van der Waals surface area contributed by atoms with Crippen LogP contribution in [0.2, 0.25) is 0 Å². The molecule has 0 aliphatic heterocycles. The topological polar surface area (TPSA) is 85.3 Å². The van der Waals surface area contributed by atoms with Crippen molar-refractivity contribution in [1.82, 2.24) is 15.1 Å². The number of nitrogens with zero attached hydrogens (tertiary/aromatic N) is 2. The Morgan fingerprint density at radius 1 is 1.00 bits per heavy atom. The molecule has 2 amide bonds. The second-order valence-corrected chi connectivity index (χ2v) is 6.09. The maximum absolute atomic E-state index is 12.1. The Morgan fingerprint density at radius 3 is 2.64 bits per heavy atom. The molecule has 0 aliphatic rings. The van der Waals surface area contributed by atoms with Gasteiger partial charge in [-0.3, -0.25) is 14.3 Å². The van der Waals surface area contributed by atoms with E-state index < -0.39 is 11.8 Å². The molecular weight excluding hydrogens is 356 g/mol. The number of nitrogens with one attached hydrogen (secondary N) is 2. The number of amides is 2. The van der Waals surface area contributed by atoms with Gasteiger partial charge in [0, 0.05) is 30.7 Å². The van der Waals surface area contributed by atoms with E-state index in [0.717, 1.165) is 5.56 Å². The number of anilines is 1. The molecule has 0 bridgehead atoms. The van der Waals surface area contributed by atoms with Crippen LogP contribution in [-0.2, 0) is 22.6 Å². The maximum atomic E-state index is 12.1. The minimum Gasteiger partial charge on any atom is -0.492 e. The lowest BCUT2D eigenvalue weighted by Gasteiger charge is -2.10. The molecule has 0 fully saturated rings. The smallest absolute Gasteiger partial charge is 0.313 e. The number of ether oxygens (including phenoxy) is 1. The summed E-state index contributed by atoms with van der Waals surface area (Å²) in [5.74, 6) is -0.767. The first-order chi connectivity index (χ1) is 13.7. The Balaban J connectivity index is 1.43. The van der Waals surface area contributed by atoms with E-state index in [1.807, 2.05) is 42.6 Å². The van der Waals surface area contributed by atoms with Crippen LogP contribution in [0.5, 0.6) is 5.75 Å². The van der Waals surface area contributed by atoms with Crippen LogP contribution in [0, 0.1) is 0 Å². The quantitative estimate of drug-likeness (QED) is 0.589. The standard InChI is InChI=1S/C21H22N4O3/c26-20(22-12-10-17-6-2-1-3-7-17)21(27)24-18-8-4-9-19(16-18)28-15-14-25-13-5-11-23-25/h1-9,11,13,16H,10,12,14-15H2,(H,22,26)(H,24,27). The number of hydrogen-bond donors (Lipinski definition) is 2. The molecule has 0 unspecified atom stereocenters. The van der Waals surface area contributed by atoms with Crippen molar-refractivity contribution < 1.29 is 14.3 Å². The minimum atomic E-state index is -0.707. The monoisotopic (exact) mass is 378 g/mol. The summed E-state index contributed by atoms with van der Waals surface area (Å²) >= 11 is 0. The van der Waals surface area contributed by atoms with Gasteiger partial charge in [-0.05, 0) is 30.2 Å². The SMILES string of the molecule is O=C(NCCc1ccccc1)C(=O)Nc1cccc(OCCn2cccn2)c1. The fraction of sp³-hybridized carbons (Fsp3) is 0.190. The number of carbonyl (C=O) groups is 2. The van der Waals surface area contributed by atoms with Crippen molar-refractivity contribution in [2.24, 2.45) is 0 Å². The van der Waals surface area contributed by atoms with Gasteiger partial charge in [-0.15, -0.1) is 0 Å². The third-order valence-corrected chi connectivity index (χ3v) is 3.99. The predicted octanol–water partition coefficient (Wildman–Crippen LogP) is 2.26. The third-order valence-electron chi connectivity index (χ3n) is 3.99. The van der Waals surface area contributed by atoms with Crippen LogP contribution in [0.3, 0.4) is 0 Å². The van der Waals surface area contributed by atoms with E-state index in [1.54, 1.807) is 35.1 Å². The molecule has 3 aromatic rings. The van der Waals surface area contributed by atoms with Gasteiger partial charge in [0.05, 0.1) is 6.54 Å². The molecular formula is C21H22N4O3. The Morgan fingerprint density at radius 2 is 1.86 bits per heavy atom. The van der Waals surface area contributed by atoms with E-state index in [1.165, 1.54) is 0 Å². The highest BCUT2D eigenvalue weighted by Gasteiger charge is 2.13. The summed E-state index contributed by atoms with van der Waals surface area (Å²) in [6.45, 7) is 1.46. The molecule has 0 saturated carbocycles. The summed E-state index contributed by atoms with van der Waals surface area (Å²) in [7, 11) is 0. The van der Waals surface area contributed by atoms with Gasteiger partial charge in [0.25, 0.3) is 0 Å². The summed E-state index contributed by atoms with van der Waals surface area (Å²) in [6.07, 6.45) is 4.23. The van der Waals surface area contributed by atoms with Crippen LogP contribution in [0.15, 0.2) is 73.1 Å². The summed E-state index contributed by atoms with van der Waals surface area (Å²) in [5, 5.41) is 9.31. The van der Waals surface area contributed by atoms with Crippen LogP contribution < -0.4 is 15.4 Å². The Bertz CT molecular complexity index is 895. The van der Waals surface area contributed by atoms with E-state index in [4.69, 9.17) is 4.74 Å². The zero-order valence-electron chi connectivity index (χ0n) is 15.4. The van der Waals surface area contributed by atoms with E-state index in [2.05, 4.69) is 15.7 Å². The first kappa shape index (κ1) is 19.2. The molecule has 0 aliphatic carbocycles. The van der Waals surface area contributed by atoms with Gasteiger partial charge in [-0.25, -0.2) is 0 Å². The number of benzene rings is 2. The van der Waals surface area contributed by atoms with Gasteiger partial charge in [-0.1, -0.05) is 36.4 Å². The van der Waals surface area contributed by atoms with Crippen molar-refractivity contribution in [3.8, 4) is 5.75 Å². The van der Waals surface area contributed by atoms with E-state index in [9.17, 15) is 9.59 Å². The highest BCUT2D eigenvalue weighted by molar-refractivity contribution is 6.39. The van der Waals surface area contributed by atoms with E-state index >= 15 is 0 Å². The number of carbonyl (C=O) groups excluding carboxylic acids is 2. The predicted molar refractivity (Wildman–Crippen MR) is 106 cm³/mol. The lowest BCUT2D eigenvalue weighted by atomic mass is 10.1. The van der Waals surface area contributed by atoms with Crippen LogP contribution in [0.25, 0.3) is 0 Å². The van der Waals surface area contributed by atoms with Crippen molar-refractivity contribution in [1.29, 1.82) is 0 Å². The first-order valence-corrected chi connectivity index (χ1v) is 9.04. The van der Waals surface area contributed by atoms with Gasteiger partial charge < -0.3 is 15.4 Å². The maximum Gasteiger partial charge on any atom is 0.313 e. The number of aromatic nitrogens is 2. The van der Waals surface area contributed by atoms with Gasteiger partial charge in [0.1, 0.15) is 12.4 Å². The molecule has 2 aromatic carbocycles. The van der Waals surface area contributed by atoms with Gasteiger partial charge in [0.15, 0.2) is 0 Å². The van der Waals surface area contributed by atoms with Crippen LogP contribution in [0.4, 0.5) is 5.69 Å². The molecule has 7 nitrogen and oxygen atoms in total. The molecule has 7 heteroatoms. The zero-order valence-corrected chi connectivity index (χ0v) is 15.4. The first-order valence-electron chi connectivity index (χ1n) is 9.04. The Kier molecular flexibility index (Phi) is 6.78. The van der Waals surface area contributed by atoms with Crippen molar-refractivity contribution in [2.75, 3.05) is 18.5 Å². The molecule has 1 heterocycles. The fourth-order valence-electron chi connectivity index (χ4n) is 2.59. The van der Waals surface area contributed by atoms with Crippen molar-refractivity contribution in [3.05, 3.63) is 78.6 Å². The summed E-state index contributed by atoms with van der Waals surface area (Å²) in [6, 6.07) is 18.5. The second kappa shape index (κ2) is 9.91. The number of rotatable bonds is 8. The van der Waals surface area contributed by atoms with Gasteiger partial charge in [-0.2, -0.15) is 5.10 Å². The third kappa shape index (κ3) is 5.98. The summed E-state index contributed by atoms with van der Waals surface area (Å²) in [5.41, 5.74) is 1.60. The summed E-state index contributed by atoms with van der Waals surface area (Å²) < 4.78 is 7.43. The molecule has 2 N–H and O–H groups in total. The largest absolute Gasteiger partial charge is 0.492 e. The minimum absolute atomic E-state index is 0.396. The lowest BCUT2D eigenvalue weighted by molar-refractivity contribution is -0.136. The van der Waals surface area contributed by atoms with Crippen LogP contribution >= 0.6 is 0 Å². The molecule has 3 rings (SSSR count). The second-order valence-electron chi connectivity index (χ2n) is 6.09. The highest BCUT2D eigenvalue weighted by atomic mass is 16.5. The Labute approximate surface area is 163 Å². The molecule has 1 aromatic heterocycles. The van der Waals surface area contributed by atoms with E-state index in [-0.39, 0.29) is 0 Å². The average Bonchev–Trinajstić information content (AvgIpc) is 3.22. The normalized spacial score (nSPS) is 10.3. The van der Waals surface area contributed by atoms with Gasteiger partial charge >= 0.3 is 11.8 Å². The summed E-state index contributed by atoms with van der Waals surface area (Å²) in [4.78, 5) is 24.0. The molecule has 0 spiro atoms. The molecule has 0 atom stereocenters. The highest BCUT2D eigenvalue weighted by Crippen LogP contribution is 2.17. The van der Waals surface area contributed by atoms with Crippen LogP contribution in [0.1, 0.15) is 5.56 Å².